The van der Waals surface area contributed by atoms with Gasteiger partial charge in [0.2, 0.25) is 0 Å². The molecule has 0 aromatic heterocycles. The van der Waals surface area contributed by atoms with Gasteiger partial charge in [-0.15, -0.1) is 4.91 Å². The van der Waals surface area contributed by atoms with Crippen molar-refractivity contribution in [1.29, 1.82) is 0 Å². The Bertz CT molecular complexity index is 696. The molecule has 0 N–H and O–H groups in total. The molecule has 0 atom stereocenters. The minimum atomic E-state index is 0.309. The average molecular weight is 314 g/mol. The number of methoxy groups -OCH3 is 2. The molecule has 2 aromatic carbocycles. The Kier molecular flexibility index (Phi) is 5.68. The van der Waals surface area contributed by atoms with Crippen LogP contribution in [0.2, 0.25) is 0 Å². The van der Waals surface area contributed by atoms with Crippen LogP contribution < -0.4 is 9.47 Å². The largest absolute Gasteiger partial charge is 0.493 e. The van der Waals surface area contributed by atoms with Crippen molar-refractivity contribution in [3.63, 3.8) is 0 Å². The Labute approximate surface area is 134 Å². The Morgan fingerprint density at radius 2 is 1.70 bits per heavy atom. The predicted octanol–water partition coefficient (Wildman–Crippen LogP) is 4.04. The van der Waals surface area contributed by atoms with Crippen molar-refractivity contribution in [2.75, 3.05) is 14.2 Å². The smallest absolute Gasteiger partial charge is 0.161 e. The van der Waals surface area contributed by atoms with Gasteiger partial charge in [-0.3, -0.25) is 0 Å². The fraction of sp³-hybridized carbons (Fsp3) is 0.235. The average Bonchev–Trinajstić information content (AvgIpc) is 2.61. The molecule has 23 heavy (non-hydrogen) atoms. The lowest BCUT2D eigenvalue weighted by Crippen LogP contribution is -1.99. The molecule has 2 aromatic rings. The van der Waals surface area contributed by atoms with E-state index in [1.54, 1.807) is 38.5 Å². The van der Waals surface area contributed by atoms with E-state index in [9.17, 15) is 4.91 Å². The lowest BCUT2D eigenvalue weighted by atomic mass is 10.1. The van der Waals surface area contributed by atoms with E-state index < -0.39 is 0 Å². The number of ether oxygens (including phenoxy) is 2. The van der Waals surface area contributed by atoms with Crippen molar-refractivity contribution in [2.45, 2.75) is 13.5 Å². The highest BCUT2D eigenvalue weighted by Crippen LogP contribution is 2.27. The molecule has 0 aliphatic rings. The molecule has 0 saturated heterocycles. The molecule has 0 aliphatic heterocycles. The van der Waals surface area contributed by atoms with Crippen LogP contribution in [0.3, 0.4) is 0 Å². The molecule has 0 radical (unpaired) electrons. The number of hydrogen-bond donors (Lipinski definition) is 0. The molecular formula is C17H18N2O4. The van der Waals surface area contributed by atoms with Crippen molar-refractivity contribution in [1.82, 2.24) is 0 Å². The fourth-order valence-corrected chi connectivity index (χ4v) is 1.97. The van der Waals surface area contributed by atoms with Gasteiger partial charge in [-0.2, -0.15) is 0 Å². The lowest BCUT2D eigenvalue weighted by molar-refractivity contribution is 0.130. The van der Waals surface area contributed by atoms with Gasteiger partial charge in [-0.25, -0.2) is 0 Å². The van der Waals surface area contributed by atoms with E-state index in [2.05, 4.69) is 10.3 Å². The summed E-state index contributed by atoms with van der Waals surface area (Å²) in [7, 11) is 3.18. The van der Waals surface area contributed by atoms with E-state index in [-0.39, 0.29) is 0 Å². The summed E-state index contributed by atoms with van der Waals surface area (Å²) in [5.41, 5.74) is 2.89. The summed E-state index contributed by atoms with van der Waals surface area (Å²) in [6.07, 6.45) is 0. The van der Waals surface area contributed by atoms with E-state index in [1.165, 1.54) is 0 Å². The van der Waals surface area contributed by atoms with Gasteiger partial charge >= 0.3 is 0 Å². The molecule has 0 aliphatic carbocycles. The van der Waals surface area contributed by atoms with Gasteiger partial charge in [0.05, 0.1) is 19.9 Å². The summed E-state index contributed by atoms with van der Waals surface area (Å²) in [6.45, 7) is 2.16. The van der Waals surface area contributed by atoms with E-state index in [0.717, 1.165) is 16.8 Å². The van der Waals surface area contributed by atoms with Crippen LogP contribution >= 0.6 is 0 Å². The second kappa shape index (κ2) is 7.93. The first kappa shape index (κ1) is 16.5. The highest BCUT2D eigenvalue weighted by Gasteiger charge is 2.06. The van der Waals surface area contributed by atoms with Crippen LogP contribution in [-0.4, -0.2) is 19.9 Å². The van der Waals surface area contributed by atoms with Gasteiger partial charge in [0.15, 0.2) is 11.5 Å². The van der Waals surface area contributed by atoms with Crippen LogP contribution in [0.5, 0.6) is 11.5 Å². The standard InChI is InChI=1S/C17H18N2O4/c1-12(14-6-9-16(21-2)17(10-14)22-3)19-23-11-13-4-7-15(18-20)8-5-13/h4-10H,11H2,1-3H3/b19-12+. The van der Waals surface area contributed by atoms with Crippen molar-refractivity contribution in [3.8, 4) is 11.5 Å². The minimum Gasteiger partial charge on any atom is -0.493 e. The van der Waals surface area contributed by atoms with Crippen LogP contribution in [-0.2, 0) is 11.4 Å². The van der Waals surface area contributed by atoms with E-state index >= 15 is 0 Å². The quantitative estimate of drug-likeness (QED) is 0.439. The summed E-state index contributed by atoms with van der Waals surface area (Å²) in [5.74, 6) is 1.30. The van der Waals surface area contributed by atoms with Crippen molar-refractivity contribution >= 4 is 11.4 Å². The molecule has 6 nitrogen and oxygen atoms in total. The molecule has 0 fully saturated rings. The van der Waals surface area contributed by atoms with Gasteiger partial charge < -0.3 is 14.3 Å². The third-order valence-electron chi connectivity index (χ3n) is 3.28. The highest BCUT2D eigenvalue weighted by atomic mass is 16.6. The first-order valence-electron chi connectivity index (χ1n) is 6.99. The molecule has 2 rings (SSSR count). The zero-order valence-electron chi connectivity index (χ0n) is 13.3. The summed E-state index contributed by atoms with van der Waals surface area (Å²) >= 11 is 0. The number of benzene rings is 2. The van der Waals surface area contributed by atoms with E-state index in [1.807, 2.05) is 25.1 Å². The van der Waals surface area contributed by atoms with Crippen LogP contribution in [0.15, 0.2) is 52.8 Å². The third-order valence-corrected chi connectivity index (χ3v) is 3.28. The first-order valence-corrected chi connectivity index (χ1v) is 6.99. The maximum absolute atomic E-state index is 10.4. The summed E-state index contributed by atoms with van der Waals surface area (Å²) < 4.78 is 10.5. The molecule has 0 spiro atoms. The SMILES string of the molecule is COc1ccc(/C(C)=N/OCc2ccc(N=O)cc2)cc1OC. The molecule has 0 saturated carbocycles. The Balaban J connectivity index is 2.02. The van der Waals surface area contributed by atoms with Crippen molar-refractivity contribution in [3.05, 3.63) is 58.5 Å². The van der Waals surface area contributed by atoms with Crippen molar-refractivity contribution in [2.24, 2.45) is 10.3 Å². The minimum absolute atomic E-state index is 0.309. The second-order valence-corrected chi connectivity index (χ2v) is 4.78. The van der Waals surface area contributed by atoms with E-state index in [0.29, 0.717) is 23.8 Å². The maximum atomic E-state index is 10.4. The van der Waals surface area contributed by atoms with Crippen LogP contribution in [0, 0.1) is 4.91 Å². The zero-order valence-corrected chi connectivity index (χ0v) is 13.3. The van der Waals surface area contributed by atoms with E-state index in [4.69, 9.17) is 14.3 Å². The van der Waals surface area contributed by atoms with Crippen LogP contribution in [0.25, 0.3) is 0 Å². The number of oxime groups is 1. The molecule has 6 heteroatoms. The monoisotopic (exact) mass is 314 g/mol. The van der Waals surface area contributed by atoms with Gasteiger partial charge in [0, 0.05) is 5.56 Å². The first-order chi connectivity index (χ1) is 11.2. The van der Waals surface area contributed by atoms with Crippen LogP contribution in [0.4, 0.5) is 5.69 Å². The number of nitroso groups, excluding NO2 is 1. The molecule has 0 unspecified atom stereocenters. The molecule has 0 amide bonds. The Hall–Kier alpha value is -2.89. The normalized spacial score (nSPS) is 11.0. The summed E-state index contributed by atoms with van der Waals surface area (Å²) in [4.78, 5) is 15.7. The third kappa shape index (κ3) is 4.29. The molecule has 0 heterocycles. The molecular weight excluding hydrogens is 296 g/mol. The van der Waals surface area contributed by atoms with Crippen LogP contribution in [0.1, 0.15) is 18.1 Å². The molecule has 120 valence electrons. The zero-order chi connectivity index (χ0) is 16.7. The predicted molar refractivity (Wildman–Crippen MR) is 88.4 cm³/mol. The van der Waals surface area contributed by atoms with Gasteiger partial charge in [0.25, 0.3) is 0 Å². The number of rotatable bonds is 7. The highest BCUT2D eigenvalue weighted by molar-refractivity contribution is 5.98. The van der Waals surface area contributed by atoms with Crippen molar-refractivity contribution < 1.29 is 14.3 Å². The maximum Gasteiger partial charge on any atom is 0.161 e. The molecule has 0 bridgehead atoms. The number of hydrogen-bond acceptors (Lipinski definition) is 6. The summed E-state index contributed by atoms with van der Waals surface area (Å²) in [6, 6.07) is 12.4. The lowest BCUT2D eigenvalue weighted by Gasteiger charge is -2.09. The Morgan fingerprint density at radius 3 is 2.30 bits per heavy atom. The summed E-state index contributed by atoms with van der Waals surface area (Å²) in [5, 5.41) is 6.95. The van der Waals surface area contributed by atoms with Gasteiger partial charge in [0.1, 0.15) is 12.3 Å². The Morgan fingerprint density at radius 1 is 1.00 bits per heavy atom. The van der Waals surface area contributed by atoms with Gasteiger partial charge in [-0.1, -0.05) is 17.3 Å². The van der Waals surface area contributed by atoms with Gasteiger partial charge in [-0.05, 0) is 48.0 Å². The fourth-order valence-electron chi connectivity index (χ4n) is 1.97. The second-order valence-electron chi connectivity index (χ2n) is 4.78. The number of nitrogens with zero attached hydrogens (tertiary/aromatic N) is 2. The topological polar surface area (TPSA) is 69.5 Å².